The van der Waals surface area contributed by atoms with Gasteiger partial charge in [0, 0.05) is 10.7 Å². The van der Waals surface area contributed by atoms with Gasteiger partial charge in [-0.15, -0.1) is 0 Å². The van der Waals surface area contributed by atoms with E-state index in [1.54, 1.807) is 36.4 Å². The minimum atomic E-state index is -0.445. The highest BCUT2D eigenvalue weighted by molar-refractivity contribution is 6.30. The Morgan fingerprint density at radius 1 is 1.10 bits per heavy atom. The van der Waals surface area contributed by atoms with Crippen LogP contribution in [-0.2, 0) is 11.4 Å². The van der Waals surface area contributed by atoms with Crippen molar-refractivity contribution < 1.29 is 9.53 Å². The van der Waals surface area contributed by atoms with Crippen molar-refractivity contribution in [2.75, 3.05) is 5.32 Å². The zero-order valence-electron chi connectivity index (χ0n) is 15.9. The summed E-state index contributed by atoms with van der Waals surface area (Å²) in [7, 11) is 0. The molecule has 3 rings (SSSR count). The first-order chi connectivity index (χ1) is 14.0. The van der Waals surface area contributed by atoms with Crippen molar-refractivity contribution in [2.45, 2.75) is 13.5 Å². The average Bonchev–Trinajstić information content (AvgIpc) is 2.71. The zero-order chi connectivity index (χ0) is 20.6. The molecule has 0 saturated carbocycles. The summed E-state index contributed by atoms with van der Waals surface area (Å²) in [6.45, 7) is 2.34. The van der Waals surface area contributed by atoms with Gasteiger partial charge in [-0.05, 0) is 66.1 Å². The monoisotopic (exact) mass is 402 g/mol. The predicted molar refractivity (Wildman–Crippen MR) is 116 cm³/mol. The number of benzene rings is 3. The minimum Gasteiger partial charge on any atom is -0.489 e. The van der Waals surface area contributed by atoms with E-state index in [0.717, 1.165) is 16.7 Å². The summed E-state index contributed by atoms with van der Waals surface area (Å²) in [5, 5.41) is 12.8. The maximum Gasteiger partial charge on any atom is 0.266 e. The molecule has 0 heterocycles. The van der Waals surface area contributed by atoms with Crippen LogP contribution in [0.1, 0.15) is 16.7 Å². The summed E-state index contributed by atoms with van der Waals surface area (Å²) in [5.41, 5.74) is 3.41. The van der Waals surface area contributed by atoms with Gasteiger partial charge in [-0.3, -0.25) is 4.79 Å². The molecule has 4 nitrogen and oxygen atoms in total. The molecule has 0 aromatic heterocycles. The average molecular weight is 403 g/mol. The Bertz CT molecular complexity index is 1080. The number of ether oxygens (including phenoxy) is 1. The third-order valence-electron chi connectivity index (χ3n) is 4.13. The fourth-order valence-electron chi connectivity index (χ4n) is 2.69. The van der Waals surface area contributed by atoms with E-state index in [9.17, 15) is 10.1 Å². The second kappa shape index (κ2) is 9.59. The first kappa shape index (κ1) is 20.2. The Balaban J connectivity index is 1.65. The normalized spacial score (nSPS) is 10.9. The van der Waals surface area contributed by atoms with Gasteiger partial charge < -0.3 is 10.1 Å². The van der Waals surface area contributed by atoms with E-state index in [0.29, 0.717) is 23.1 Å². The number of carbonyl (C=O) groups is 1. The molecule has 0 spiro atoms. The summed E-state index contributed by atoms with van der Waals surface area (Å²) in [6, 6.07) is 24.0. The molecule has 0 bridgehead atoms. The van der Waals surface area contributed by atoms with Crippen LogP contribution in [0.2, 0.25) is 5.02 Å². The molecular formula is C24H19ClN2O2. The maximum absolute atomic E-state index is 12.4. The van der Waals surface area contributed by atoms with Crippen molar-refractivity contribution in [3.63, 3.8) is 0 Å². The van der Waals surface area contributed by atoms with Crippen LogP contribution in [0.25, 0.3) is 6.08 Å². The predicted octanol–water partition coefficient (Wildman–Crippen LogP) is 5.77. The second-order valence-electron chi connectivity index (χ2n) is 6.48. The number of carbonyl (C=O) groups excluding carboxylic acids is 1. The lowest BCUT2D eigenvalue weighted by atomic mass is 10.1. The molecule has 0 atom stereocenters. The highest BCUT2D eigenvalue weighted by Crippen LogP contribution is 2.18. The van der Waals surface area contributed by atoms with Crippen LogP contribution in [0.3, 0.4) is 0 Å². The van der Waals surface area contributed by atoms with Gasteiger partial charge in [-0.25, -0.2) is 0 Å². The molecule has 29 heavy (non-hydrogen) atoms. The number of nitrogens with one attached hydrogen (secondary N) is 1. The van der Waals surface area contributed by atoms with Crippen molar-refractivity contribution >= 4 is 29.3 Å². The lowest BCUT2D eigenvalue weighted by Crippen LogP contribution is -2.13. The number of aryl methyl sites for hydroxylation is 1. The Labute approximate surface area is 175 Å². The third kappa shape index (κ3) is 5.97. The van der Waals surface area contributed by atoms with Crippen LogP contribution >= 0.6 is 11.6 Å². The standard InChI is InChI=1S/C24H19ClN2O2/c1-17-4-2-7-22(12-17)27-24(28)20(15-26)13-18-8-10-23(11-9-18)29-16-19-5-3-6-21(25)14-19/h2-14H,16H2,1H3,(H,27,28)/b20-13+. The van der Waals surface area contributed by atoms with Crippen LogP contribution in [0.5, 0.6) is 5.75 Å². The molecule has 3 aromatic rings. The summed E-state index contributed by atoms with van der Waals surface area (Å²) in [6.07, 6.45) is 1.55. The number of halogens is 1. The molecule has 1 N–H and O–H groups in total. The Hall–Kier alpha value is -3.55. The van der Waals surface area contributed by atoms with E-state index in [-0.39, 0.29) is 5.57 Å². The van der Waals surface area contributed by atoms with Gasteiger partial charge in [-0.2, -0.15) is 5.26 Å². The van der Waals surface area contributed by atoms with Crippen LogP contribution < -0.4 is 10.1 Å². The number of nitrogens with zero attached hydrogens (tertiary/aromatic N) is 1. The number of hydrogen-bond acceptors (Lipinski definition) is 3. The number of amides is 1. The second-order valence-corrected chi connectivity index (χ2v) is 6.92. The van der Waals surface area contributed by atoms with E-state index < -0.39 is 5.91 Å². The lowest BCUT2D eigenvalue weighted by Gasteiger charge is -2.07. The summed E-state index contributed by atoms with van der Waals surface area (Å²) < 4.78 is 5.75. The van der Waals surface area contributed by atoms with E-state index in [2.05, 4.69) is 5.32 Å². The summed E-state index contributed by atoms with van der Waals surface area (Å²) >= 11 is 5.97. The van der Waals surface area contributed by atoms with Gasteiger partial charge in [-0.1, -0.05) is 48.0 Å². The fraction of sp³-hybridized carbons (Fsp3) is 0.0833. The van der Waals surface area contributed by atoms with Crippen LogP contribution in [0.15, 0.2) is 78.4 Å². The summed E-state index contributed by atoms with van der Waals surface area (Å²) in [5.74, 6) is 0.240. The van der Waals surface area contributed by atoms with Gasteiger partial charge in [0.15, 0.2) is 0 Å². The largest absolute Gasteiger partial charge is 0.489 e. The van der Waals surface area contributed by atoms with Gasteiger partial charge >= 0.3 is 0 Å². The molecule has 0 unspecified atom stereocenters. The number of nitriles is 1. The quantitative estimate of drug-likeness (QED) is 0.420. The number of hydrogen-bond donors (Lipinski definition) is 1. The smallest absolute Gasteiger partial charge is 0.266 e. The van der Waals surface area contributed by atoms with E-state index in [1.807, 2.05) is 55.5 Å². The molecular weight excluding hydrogens is 384 g/mol. The van der Waals surface area contributed by atoms with Crippen molar-refractivity contribution in [2.24, 2.45) is 0 Å². The molecule has 3 aromatic carbocycles. The Kier molecular flexibility index (Phi) is 6.67. The van der Waals surface area contributed by atoms with Gasteiger partial charge in [0.25, 0.3) is 5.91 Å². The van der Waals surface area contributed by atoms with Crippen LogP contribution in [0, 0.1) is 18.3 Å². The van der Waals surface area contributed by atoms with Crippen molar-refractivity contribution in [3.05, 3.63) is 100 Å². The van der Waals surface area contributed by atoms with Crippen LogP contribution in [-0.4, -0.2) is 5.91 Å². The molecule has 0 aliphatic carbocycles. The third-order valence-corrected chi connectivity index (χ3v) is 4.36. The molecule has 0 radical (unpaired) electrons. The van der Waals surface area contributed by atoms with Gasteiger partial charge in [0.1, 0.15) is 24.0 Å². The Morgan fingerprint density at radius 3 is 2.55 bits per heavy atom. The van der Waals surface area contributed by atoms with Crippen LogP contribution in [0.4, 0.5) is 5.69 Å². The maximum atomic E-state index is 12.4. The number of anilines is 1. The topological polar surface area (TPSA) is 62.1 Å². The van der Waals surface area contributed by atoms with E-state index in [1.165, 1.54) is 0 Å². The first-order valence-electron chi connectivity index (χ1n) is 9.00. The molecule has 0 fully saturated rings. The molecule has 5 heteroatoms. The zero-order valence-corrected chi connectivity index (χ0v) is 16.6. The number of rotatable bonds is 6. The Morgan fingerprint density at radius 2 is 1.86 bits per heavy atom. The molecule has 0 aliphatic heterocycles. The highest BCUT2D eigenvalue weighted by atomic mass is 35.5. The molecule has 144 valence electrons. The molecule has 0 saturated heterocycles. The van der Waals surface area contributed by atoms with E-state index >= 15 is 0 Å². The first-order valence-corrected chi connectivity index (χ1v) is 9.38. The van der Waals surface area contributed by atoms with Gasteiger partial charge in [0.05, 0.1) is 0 Å². The molecule has 0 aliphatic rings. The van der Waals surface area contributed by atoms with Gasteiger partial charge in [0.2, 0.25) is 0 Å². The fourth-order valence-corrected chi connectivity index (χ4v) is 2.90. The van der Waals surface area contributed by atoms with Crippen molar-refractivity contribution in [1.29, 1.82) is 5.26 Å². The lowest BCUT2D eigenvalue weighted by molar-refractivity contribution is -0.112. The van der Waals surface area contributed by atoms with Crippen molar-refractivity contribution in [1.82, 2.24) is 0 Å². The molecule has 1 amide bonds. The van der Waals surface area contributed by atoms with E-state index in [4.69, 9.17) is 16.3 Å². The minimum absolute atomic E-state index is 0.0269. The van der Waals surface area contributed by atoms with Crippen molar-refractivity contribution in [3.8, 4) is 11.8 Å². The highest BCUT2D eigenvalue weighted by Gasteiger charge is 2.09. The summed E-state index contributed by atoms with van der Waals surface area (Å²) in [4.78, 5) is 12.4. The SMILES string of the molecule is Cc1cccc(NC(=O)/C(C#N)=C/c2ccc(OCc3cccc(Cl)c3)cc2)c1.